The topological polar surface area (TPSA) is 144 Å². The maximum atomic E-state index is 12.5. The van der Waals surface area contributed by atoms with Gasteiger partial charge in [-0.15, -0.1) is 0 Å². The maximum absolute atomic E-state index is 12.5. The van der Waals surface area contributed by atoms with Crippen molar-refractivity contribution in [2.24, 2.45) is 0 Å². The van der Waals surface area contributed by atoms with Crippen LogP contribution in [0.2, 0.25) is 0 Å². The van der Waals surface area contributed by atoms with E-state index in [2.05, 4.69) is 0 Å². The molecule has 0 aliphatic rings. The van der Waals surface area contributed by atoms with Gasteiger partial charge >= 0.3 is 17.5 Å². The summed E-state index contributed by atoms with van der Waals surface area (Å²) in [6.07, 6.45) is -0.0324. The van der Waals surface area contributed by atoms with Crippen molar-refractivity contribution < 1.29 is 34.3 Å². The largest absolute Gasteiger partial charge is 0.496 e. The summed E-state index contributed by atoms with van der Waals surface area (Å²) in [5.41, 5.74) is -3.57. The normalized spacial score (nSPS) is 12.3. The number of hydrogen-bond acceptors (Lipinski definition) is 6. The first-order chi connectivity index (χ1) is 10.7. The predicted molar refractivity (Wildman–Crippen MR) is 76.0 cm³/mol. The van der Waals surface area contributed by atoms with Crippen LogP contribution in [0, 0.1) is 10.1 Å². The molecule has 9 heteroatoms. The minimum atomic E-state index is -3.76. The van der Waals surface area contributed by atoms with Crippen molar-refractivity contribution in [2.75, 3.05) is 7.11 Å². The fraction of sp³-hybridized carbons (Fsp3) is 0.357. The molecule has 0 amide bonds. The lowest BCUT2D eigenvalue weighted by atomic mass is 9.80. The van der Waals surface area contributed by atoms with E-state index in [1.54, 1.807) is 6.07 Å². The van der Waals surface area contributed by atoms with Crippen molar-refractivity contribution in [3.8, 4) is 5.75 Å². The third-order valence-electron chi connectivity index (χ3n) is 3.49. The zero-order valence-electron chi connectivity index (χ0n) is 12.4. The number of benzene rings is 1. The summed E-state index contributed by atoms with van der Waals surface area (Å²) >= 11 is 0. The molecule has 1 unspecified atom stereocenters. The molecule has 1 aromatic carbocycles. The second kappa shape index (κ2) is 6.86. The molecular formula is C14H15NO8. The number of ketones is 1. The molecule has 0 aromatic heterocycles. The summed E-state index contributed by atoms with van der Waals surface area (Å²) in [6, 6.07) is 6.04. The molecule has 1 rings (SSSR count). The van der Waals surface area contributed by atoms with E-state index in [1.165, 1.54) is 32.2 Å². The zero-order chi connectivity index (χ0) is 17.8. The first-order valence-electron chi connectivity index (χ1n) is 6.53. The standard InChI is InChI=1S/C14H15NO8/c1-3-8(9-6-4-5-7-10(9)23-2)11(16)14(12(17)18,13(19)20)15(21)22/h4-8H,3H2,1-2H3,(H,17,18)(H,19,20). The first-order valence-corrected chi connectivity index (χ1v) is 6.53. The average Bonchev–Trinajstić information content (AvgIpc) is 2.48. The molecular weight excluding hydrogens is 310 g/mol. The van der Waals surface area contributed by atoms with Crippen LogP contribution in [0.25, 0.3) is 0 Å². The van der Waals surface area contributed by atoms with E-state index in [1.807, 2.05) is 0 Å². The van der Waals surface area contributed by atoms with Crippen molar-refractivity contribution in [1.29, 1.82) is 0 Å². The molecule has 0 spiro atoms. The number of nitro groups is 1. The van der Waals surface area contributed by atoms with Crippen molar-refractivity contribution in [2.45, 2.75) is 24.8 Å². The van der Waals surface area contributed by atoms with Crippen LogP contribution >= 0.6 is 0 Å². The summed E-state index contributed by atoms with van der Waals surface area (Å²) in [5.74, 6) is -7.32. The third kappa shape index (κ3) is 2.85. The van der Waals surface area contributed by atoms with E-state index in [-0.39, 0.29) is 17.7 Å². The van der Waals surface area contributed by atoms with Crippen LogP contribution in [0.15, 0.2) is 24.3 Å². The van der Waals surface area contributed by atoms with Crippen molar-refractivity contribution in [3.05, 3.63) is 39.9 Å². The van der Waals surface area contributed by atoms with Crippen molar-refractivity contribution in [1.82, 2.24) is 0 Å². The lowest BCUT2D eigenvalue weighted by Crippen LogP contribution is -2.61. The molecule has 0 saturated heterocycles. The summed E-state index contributed by atoms with van der Waals surface area (Å²) in [4.78, 5) is 44.6. The number of methoxy groups -OCH3 is 1. The van der Waals surface area contributed by atoms with Crippen LogP contribution in [0.1, 0.15) is 24.8 Å². The molecule has 23 heavy (non-hydrogen) atoms. The fourth-order valence-corrected chi connectivity index (χ4v) is 2.30. The van der Waals surface area contributed by atoms with Crippen LogP contribution < -0.4 is 4.74 Å². The highest BCUT2D eigenvalue weighted by atomic mass is 16.6. The molecule has 9 nitrogen and oxygen atoms in total. The van der Waals surface area contributed by atoms with Gasteiger partial charge < -0.3 is 14.9 Å². The predicted octanol–water partition coefficient (Wildman–Crippen LogP) is 0.943. The first kappa shape index (κ1) is 18.1. The minimum Gasteiger partial charge on any atom is -0.496 e. The number of hydrogen-bond donors (Lipinski definition) is 2. The zero-order valence-corrected chi connectivity index (χ0v) is 12.4. The summed E-state index contributed by atoms with van der Waals surface area (Å²) in [5, 5.41) is 29.3. The molecule has 0 aliphatic carbocycles. The highest BCUT2D eigenvalue weighted by molar-refractivity contribution is 6.24. The molecule has 1 aromatic rings. The molecule has 0 radical (unpaired) electrons. The quantitative estimate of drug-likeness (QED) is 0.408. The lowest BCUT2D eigenvalue weighted by Gasteiger charge is -2.22. The molecule has 1 atom stereocenters. The van der Waals surface area contributed by atoms with Crippen LogP contribution in [0.3, 0.4) is 0 Å². The van der Waals surface area contributed by atoms with Gasteiger partial charge in [0.15, 0.2) is 0 Å². The number of rotatable bonds is 8. The van der Waals surface area contributed by atoms with E-state index in [9.17, 15) is 24.5 Å². The molecule has 2 N–H and O–H groups in total. The monoisotopic (exact) mass is 325 g/mol. The third-order valence-corrected chi connectivity index (χ3v) is 3.49. The number of aliphatic carboxylic acids is 2. The number of carbonyl (C=O) groups is 3. The molecule has 0 heterocycles. The highest BCUT2D eigenvalue weighted by Crippen LogP contribution is 2.33. The molecule has 0 bridgehead atoms. The van der Waals surface area contributed by atoms with E-state index < -0.39 is 34.1 Å². The van der Waals surface area contributed by atoms with Crippen molar-refractivity contribution in [3.63, 3.8) is 0 Å². The highest BCUT2D eigenvalue weighted by Gasteiger charge is 2.68. The Kier molecular flexibility index (Phi) is 5.39. The van der Waals surface area contributed by atoms with Gasteiger partial charge in [0, 0.05) is 5.56 Å². The van der Waals surface area contributed by atoms with Gasteiger partial charge in [0.05, 0.1) is 18.0 Å². The van der Waals surface area contributed by atoms with Gasteiger partial charge in [-0.2, -0.15) is 0 Å². The Labute approximate surface area is 130 Å². The van der Waals surface area contributed by atoms with Gasteiger partial charge in [-0.05, 0) is 12.5 Å². The number of carboxylic acid groups (broad SMARTS) is 2. The Morgan fingerprint density at radius 2 is 1.78 bits per heavy atom. The van der Waals surface area contributed by atoms with Gasteiger partial charge in [-0.3, -0.25) is 14.9 Å². The SMILES string of the molecule is CCC(C(=O)C(C(=O)O)(C(=O)O)[N+](=O)[O-])c1ccccc1OC. The Hall–Kier alpha value is -2.97. The molecule has 0 fully saturated rings. The summed E-state index contributed by atoms with van der Waals surface area (Å²) in [7, 11) is 1.31. The van der Waals surface area contributed by atoms with E-state index in [4.69, 9.17) is 14.9 Å². The second-order valence-electron chi connectivity index (χ2n) is 4.64. The number of Topliss-reactive ketones (excluding diaryl/α,β-unsaturated/α-hetero) is 1. The number of para-hydroxylation sites is 1. The van der Waals surface area contributed by atoms with E-state index in [0.717, 1.165) is 0 Å². The van der Waals surface area contributed by atoms with Crippen molar-refractivity contribution >= 4 is 17.7 Å². The van der Waals surface area contributed by atoms with E-state index >= 15 is 0 Å². The lowest BCUT2D eigenvalue weighted by molar-refractivity contribution is -0.525. The Morgan fingerprint density at radius 1 is 1.26 bits per heavy atom. The Balaban J connectivity index is 3.55. The van der Waals surface area contributed by atoms with Gasteiger partial charge in [0.2, 0.25) is 5.78 Å². The average molecular weight is 325 g/mol. The smallest absolute Gasteiger partial charge is 0.467 e. The number of carboxylic acids is 2. The van der Waals surface area contributed by atoms with Crippen LogP contribution in [0.4, 0.5) is 0 Å². The molecule has 0 aliphatic heterocycles. The van der Waals surface area contributed by atoms with Crippen LogP contribution in [-0.2, 0) is 14.4 Å². The fourth-order valence-electron chi connectivity index (χ4n) is 2.30. The van der Waals surface area contributed by atoms with Crippen LogP contribution in [-0.4, -0.2) is 45.5 Å². The Morgan fingerprint density at radius 3 is 2.17 bits per heavy atom. The summed E-state index contributed by atoms with van der Waals surface area (Å²) in [6.45, 7) is 1.49. The van der Waals surface area contributed by atoms with Gasteiger partial charge in [-0.1, -0.05) is 25.1 Å². The number of ether oxygens (including phenoxy) is 1. The van der Waals surface area contributed by atoms with E-state index in [0.29, 0.717) is 0 Å². The Bertz CT molecular complexity index is 618. The number of nitrogens with zero attached hydrogens (tertiary/aromatic N) is 1. The number of carbonyl (C=O) groups excluding carboxylic acids is 1. The summed E-state index contributed by atoms with van der Waals surface area (Å²) < 4.78 is 5.06. The van der Waals surface area contributed by atoms with Gasteiger partial charge in [0.1, 0.15) is 5.75 Å². The van der Waals surface area contributed by atoms with Gasteiger partial charge in [0.25, 0.3) is 0 Å². The molecule has 0 saturated carbocycles. The minimum absolute atomic E-state index is 0.0324. The van der Waals surface area contributed by atoms with Gasteiger partial charge in [-0.25, -0.2) is 9.59 Å². The maximum Gasteiger partial charge on any atom is 0.467 e. The molecule has 124 valence electrons. The van der Waals surface area contributed by atoms with Crippen LogP contribution in [0.5, 0.6) is 5.75 Å². The second-order valence-corrected chi connectivity index (χ2v) is 4.64.